The number of halogens is 2. The Hall–Kier alpha value is -3.00. The average Bonchev–Trinajstić information content (AvgIpc) is 2.64. The monoisotopic (exact) mass is 405 g/mol. The Balaban J connectivity index is 2.00. The second kappa shape index (κ2) is 9.97. The van der Waals surface area contributed by atoms with Crippen LogP contribution in [0.4, 0.5) is 14.5 Å². The highest BCUT2D eigenvalue weighted by atomic mass is 19.1. The molecular formula is C21H25F2N3O3. The third-order valence-electron chi connectivity index (χ3n) is 4.45. The first-order valence-corrected chi connectivity index (χ1v) is 9.34. The van der Waals surface area contributed by atoms with Gasteiger partial charge in [-0.2, -0.15) is 0 Å². The van der Waals surface area contributed by atoms with Crippen molar-refractivity contribution in [3.05, 3.63) is 59.2 Å². The molecule has 6 nitrogen and oxygen atoms in total. The zero-order valence-electron chi connectivity index (χ0n) is 16.6. The van der Waals surface area contributed by atoms with Gasteiger partial charge in [0.15, 0.2) is 0 Å². The molecule has 2 rings (SSSR count). The van der Waals surface area contributed by atoms with E-state index in [1.54, 1.807) is 0 Å². The first-order valence-electron chi connectivity index (χ1n) is 9.34. The van der Waals surface area contributed by atoms with Crippen LogP contribution in [0, 0.1) is 11.6 Å². The zero-order valence-corrected chi connectivity index (χ0v) is 16.6. The van der Waals surface area contributed by atoms with E-state index in [-0.39, 0.29) is 22.6 Å². The van der Waals surface area contributed by atoms with E-state index in [0.29, 0.717) is 25.2 Å². The Morgan fingerprint density at radius 1 is 1.07 bits per heavy atom. The highest BCUT2D eigenvalue weighted by molar-refractivity contribution is 6.05. The van der Waals surface area contributed by atoms with Gasteiger partial charge in [-0.1, -0.05) is 6.92 Å². The van der Waals surface area contributed by atoms with Crippen LogP contribution < -0.4 is 10.6 Å². The molecule has 0 heterocycles. The second-order valence-electron chi connectivity index (χ2n) is 6.82. The van der Waals surface area contributed by atoms with Gasteiger partial charge in [0.1, 0.15) is 17.4 Å². The van der Waals surface area contributed by atoms with Gasteiger partial charge in [-0.3, -0.25) is 14.5 Å². The molecule has 29 heavy (non-hydrogen) atoms. The van der Waals surface area contributed by atoms with Gasteiger partial charge in [-0.05, 0) is 44.7 Å². The van der Waals surface area contributed by atoms with Crippen molar-refractivity contribution >= 4 is 17.5 Å². The number of nitrogens with one attached hydrogen (secondary N) is 2. The maximum atomic E-state index is 13.2. The van der Waals surface area contributed by atoms with Crippen molar-refractivity contribution < 1.29 is 23.5 Å². The summed E-state index contributed by atoms with van der Waals surface area (Å²) in [5, 5.41) is 15.3. The van der Waals surface area contributed by atoms with Crippen molar-refractivity contribution in [1.29, 1.82) is 0 Å². The second-order valence-corrected chi connectivity index (χ2v) is 6.82. The van der Waals surface area contributed by atoms with Crippen molar-refractivity contribution in [2.45, 2.75) is 26.8 Å². The fraction of sp³-hybridized carbons (Fsp3) is 0.333. The van der Waals surface area contributed by atoms with E-state index in [4.69, 9.17) is 0 Å². The number of hydrogen-bond donors (Lipinski definition) is 3. The highest BCUT2D eigenvalue weighted by Gasteiger charge is 2.15. The molecule has 2 amide bonds. The number of benzene rings is 2. The highest BCUT2D eigenvalue weighted by Crippen LogP contribution is 2.22. The Kier molecular flexibility index (Phi) is 7.67. The maximum absolute atomic E-state index is 13.2. The summed E-state index contributed by atoms with van der Waals surface area (Å²) in [6.07, 6.45) is 0. The van der Waals surface area contributed by atoms with E-state index >= 15 is 0 Å². The number of rotatable bonds is 8. The molecule has 0 unspecified atom stereocenters. The molecular weight excluding hydrogens is 380 g/mol. The van der Waals surface area contributed by atoms with Gasteiger partial charge in [-0.15, -0.1) is 0 Å². The summed E-state index contributed by atoms with van der Waals surface area (Å²) in [5.74, 6) is -3.24. The molecule has 2 aromatic carbocycles. The van der Waals surface area contributed by atoms with E-state index in [1.807, 2.05) is 6.92 Å². The van der Waals surface area contributed by atoms with Crippen molar-refractivity contribution in [3.63, 3.8) is 0 Å². The number of amides is 2. The molecule has 0 aliphatic rings. The van der Waals surface area contributed by atoms with E-state index in [2.05, 4.69) is 29.4 Å². The molecule has 0 saturated heterocycles. The Labute approximate surface area is 168 Å². The van der Waals surface area contributed by atoms with Gasteiger partial charge in [-0.25, -0.2) is 8.78 Å². The number of nitrogens with zero attached hydrogens (tertiary/aromatic N) is 1. The summed E-state index contributed by atoms with van der Waals surface area (Å²) in [6.45, 7) is 8.15. The van der Waals surface area contributed by atoms with Crippen LogP contribution in [0.25, 0.3) is 0 Å². The van der Waals surface area contributed by atoms with Crippen LogP contribution in [-0.2, 0) is 0 Å². The average molecular weight is 405 g/mol. The number of likely N-dealkylation sites (N-methyl/N-ethyl adjacent to an activating group) is 1. The first-order chi connectivity index (χ1) is 13.7. The summed E-state index contributed by atoms with van der Waals surface area (Å²) in [5.41, 5.74) is 0.0486. The minimum Gasteiger partial charge on any atom is -0.507 e. The van der Waals surface area contributed by atoms with E-state index < -0.39 is 23.4 Å². The summed E-state index contributed by atoms with van der Waals surface area (Å²) < 4.78 is 26.5. The smallest absolute Gasteiger partial charge is 0.255 e. The molecule has 0 atom stereocenters. The number of anilines is 1. The molecule has 156 valence electrons. The van der Waals surface area contributed by atoms with Gasteiger partial charge in [0.2, 0.25) is 0 Å². The molecule has 0 radical (unpaired) electrons. The SMILES string of the molecule is CCN(CCNC(=O)c1ccc(NC(=O)c2cc(F)cc(F)c2)cc1O)C(C)C. The number of aromatic hydroxyl groups is 1. The number of phenols is 1. The fourth-order valence-corrected chi connectivity index (χ4v) is 2.88. The van der Waals surface area contributed by atoms with Crippen LogP contribution in [-0.4, -0.2) is 47.5 Å². The number of hydrogen-bond acceptors (Lipinski definition) is 4. The van der Waals surface area contributed by atoms with Gasteiger partial charge < -0.3 is 15.7 Å². The molecule has 2 aromatic rings. The summed E-state index contributed by atoms with van der Waals surface area (Å²) in [7, 11) is 0. The molecule has 0 saturated carbocycles. The first kappa shape index (κ1) is 22.3. The molecule has 3 N–H and O–H groups in total. The summed E-state index contributed by atoms with van der Waals surface area (Å²) >= 11 is 0. The lowest BCUT2D eigenvalue weighted by Gasteiger charge is -2.24. The predicted octanol–water partition coefficient (Wildman–Crippen LogP) is 3.38. The Bertz CT molecular complexity index is 867. The molecule has 0 aliphatic heterocycles. The largest absolute Gasteiger partial charge is 0.507 e. The number of carbonyl (C=O) groups excluding carboxylic acids is 2. The lowest BCUT2D eigenvalue weighted by molar-refractivity contribution is 0.0942. The van der Waals surface area contributed by atoms with Gasteiger partial charge >= 0.3 is 0 Å². The van der Waals surface area contributed by atoms with Crippen LogP contribution in [0.15, 0.2) is 36.4 Å². The lowest BCUT2D eigenvalue weighted by atomic mass is 10.1. The van der Waals surface area contributed by atoms with E-state index in [9.17, 15) is 23.5 Å². The molecule has 0 aromatic heterocycles. The Morgan fingerprint density at radius 2 is 1.72 bits per heavy atom. The molecule has 8 heteroatoms. The van der Waals surface area contributed by atoms with Crippen molar-refractivity contribution in [2.75, 3.05) is 25.0 Å². The van der Waals surface area contributed by atoms with Crippen LogP contribution >= 0.6 is 0 Å². The van der Waals surface area contributed by atoms with E-state index in [0.717, 1.165) is 18.7 Å². The number of carbonyl (C=O) groups is 2. The van der Waals surface area contributed by atoms with Crippen LogP contribution in [0.2, 0.25) is 0 Å². The van der Waals surface area contributed by atoms with Gasteiger partial charge in [0.25, 0.3) is 11.8 Å². The zero-order chi connectivity index (χ0) is 21.6. The van der Waals surface area contributed by atoms with Crippen LogP contribution in [0.1, 0.15) is 41.5 Å². The van der Waals surface area contributed by atoms with Crippen molar-refractivity contribution in [1.82, 2.24) is 10.2 Å². The molecule has 0 spiro atoms. The molecule has 0 bridgehead atoms. The normalized spacial score (nSPS) is 11.0. The minimum atomic E-state index is -0.871. The van der Waals surface area contributed by atoms with Crippen LogP contribution in [0.5, 0.6) is 5.75 Å². The summed E-state index contributed by atoms with van der Waals surface area (Å²) in [6, 6.07) is 6.82. The van der Waals surface area contributed by atoms with E-state index in [1.165, 1.54) is 18.2 Å². The van der Waals surface area contributed by atoms with Gasteiger partial charge in [0.05, 0.1) is 5.56 Å². The standard InChI is InChI=1S/C21H25F2N3O3/c1-4-26(13(2)3)8-7-24-21(29)18-6-5-17(12-19(18)27)25-20(28)14-9-15(22)11-16(23)10-14/h5-6,9-13,27H,4,7-8H2,1-3H3,(H,24,29)(H,25,28). The predicted molar refractivity (Wildman–Crippen MR) is 107 cm³/mol. The molecule has 0 aliphatic carbocycles. The minimum absolute atomic E-state index is 0.0624. The quantitative estimate of drug-likeness (QED) is 0.629. The fourth-order valence-electron chi connectivity index (χ4n) is 2.88. The number of phenolic OH excluding ortho intramolecular Hbond substituents is 1. The third kappa shape index (κ3) is 6.25. The van der Waals surface area contributed by atoms with Gasteiger partial charge in [0, 0.05) is 42.5 Å². The van der Waals surface area contributed by atoms with Crippen LogP contribution in [0.3, 0.4) is 0 Å². The summed E-state index contributed by atoms with van der Waals surface area (Å²) in [4.78, 5) is 26.6. The van der Waals surface area contributed by atoms with Crippen molar-refractivity contribution in [2.24, 2.45) is 0 Å². The lowest BCUT2D eigenvalue weighted by Crippen LogP contribution is -2.38. The third-order valence-corrected chi connectivity index (χ3v) is 4.45. The maximum Gasteiger partial charge on any atom is 0.255 e. The topological polar surface area (TPSA) is 81.7 Å². The Morgan fingerprint density at radius 3 is 2.28 bits per heavy atom. The van der Waals surface area contributed by atoms with Crippen molar-refractivity contribution in [3.8, 4) is 5.75 Å². The molecule has 0 fully saturated rings.